The Morgan fingerprint density at radius 2 is 0.873 bits per heavy atom. The third-order valence-corrected chi connectivity index (χ3v) is 9.91. The first-order chi connectivity index (χ1) is 27.2. The van der Waals surface area contributed by atoms with E-state index < -0.39 is 0 Å². The first-order valence-corrected chi connectivity index (χ1v) is 18.1. The molecule has 6 nitrogen and oxygen atoms in total. The van der Waals surface area contributed by atoms with Crippen molar-refractivity contribution in [1.82, 2.24) is 24.9 Å². The molecule has 6 aromatic carbocycles. The van der Waals surface area contributed by atoms with Crippen LogP contribution in [-0.2, 0) is 0 Å². The van der Waals surface area contributed by atoms with Gasteiger partial charge >= 0.3 is 0 Å². The van der Waals surface area contributed by atoms with Crippen LogP contribution in [0.5, 0.6) is 0 Å². The molecule has 0 aliphatic rings. The lowest BCUT2D eigenvalue weighted by molar-refractivity contribution is 0.652. The summed E-state index contributed by atoms with van der Waals surface area (Å²) in [7, 11) is 0. The minimum atomic E-state index is 0.523. The number of fused-ring (bicyclic) bond motifs is 3. The van der Waals surface area contributed by atoms with Crippen LogP contribution < -0.4 is 0 Å². The van der Waals surface area contributed by atoms with E-state index in [1.165, 1.54) is 5.56 Å². The zero-order valence-corrected chi connectivity index (χ0v) is 29.5. The predicted octanol–water partition coefficient (Wildman–Crippen LogP) is 12.2. The standard InChI is InChI=1S/C49H31N5O/c1-4-11-32(12-5-1)34-19-23-36(24-20-34)43-29-44(54-48(53-43)38-15-8-3-9-16-38)37-25-21-35(22-26-37)41-28-42-46-47(55-49(42)50-30-41)45(51-31-52-46)40-18-10-17-39(27-40)33-13-6-2-7-14-33/h1-31H. The molecule has 10 aromatic rings. The maximum atomic E-state index is 6.33. The van der Waals surface area contributed by atoms with Gasteiger partial charge in [-0.15, -0.1) is 0 Å². The Hall–Kier alpha value is -7.57. The molecule has 0 saturated heterocycles. The molecule has 0 atom stereocenters. The van der Waals surface area contributed by atoms with Crippen LogP contribution in [0.4, 0.5) is 0 Å². The molecule has 10 rings (SSSR count). The summed E-state index contributed by atoms with van der Waals surface area (Å²) in [4.78, 5) is 24.1. The van der Waals surface area contributed by atoms with Crippen LogP contribution in [0.25, 0.3) is 101 Å². The average molecular weight is 706 g/mol. The van der Waals surface area contributed by atoms with Crippen LogP contribution in [0.2, 0.25) is 0 Å². The largest absolute Gasteiger partial charge is 0.434 e. The minimum Gasteiger partial charge on any atom is -0.434 e. The molecule has 0 aliphatic heterocycles. The van der Waals surface area contributed by atoms with Crippen molar-refractivity contribution in [3.63, 3.8) is 0 Å². The van der Waals surface area contributed by atoms with Crippen LogP contribution in [0, 0.1) is 0 Å². The van der Waals surface area contributed by atoms with Crippen LogP contribution in [0.1, 0.15) is 0 Å². The SMILES string of the molecule is c1ccc(-c2ccc(-c3cc(-c4ccc(-c5cnc6oc7c(-c8cccc(-c9ccccc9)c8)ncnc7c6c5)cc4)nc(-c4ccccc4)n3)cc2)cc1. The number of nitrogens with zero attached hydrogens (tertiary/aromatic N) is 5. The Labute approximate surface area is 317 Å². The summed E-state index contributed by atoms with van der Waals surface area (Å²) in [6, 6.07) is 60.3. The molecule has 0 amide bonds. The number of hydrogen-bond donors (Lipinski definition) is 0. The Kier molecular flexibility index (Phi) is 8.04. The van der Waals surface area contributed by atoms with Crippen molar-refractivity contribution in [2.45, 2.75) is 0 Å². The number of pyridine rings is 1. The van der Waals surface area contributed by atoms with Gasteiger partial charge in [-0.3, -0.25) is 0 Å². The first-order valence-electron chi connectivity index (χ1n) is 18.1. The van der Waals surface area contributed by atoms with E-state index in [0.717, 1.165) is 78.1 Å². The smallest absolute Gasteiger partial charge is 0.229 e. The summed E-state index contributed by atoms with van der Waals surface area (Å²) in [5, 5.41) is 0.839. The average Bonchev–Trinajstić information content (AvgIpc) is 3.66. The number of aromatic nitrogens is 5. The molecule has 4 aromatic heterocycles. The van der Waals surface area contributed by atoms with Gasteiger partial charge in [0.25, 0.3) is 0 Å². The fourth-order valence-corrected chi connectivity index (χ4v) is 7.06. The van der Waals surface area contributed by atoms with E-state index in [2.05, 4.69) is 119 Å². The normalized spacial score (nSPS) is 11.3. The van der Waals surface area contributed by atoms with E-state index in [1.54, 1.807) is 6.33 Å². The molecule has 0 radical (unpaired) electrons. The summed E-state index contributed by atoms with van der Waals surface area (Å²) < 4.78 is 6.33. The second kappa shape index (κ2) is 13.8. The molecule has 0 spiro atoms. The van der Waals surface area contributed by atoms with Gasteiger partial charge in [-0.05, 0) is 46.0 Å². The lowest BCUT2D eigenvalue weighted by Crippen LogP contribution is -1.96. The molecule has 0 fully saturated rings. The van der Waals surface area contributed by atoms with Crippen LogP contribution >= 0.6 is 0 Å². The second-order valence-electron chi connectivity index (χ2n) is 13.4. The molecule has 0 N–H and O–H groups in total. The monoisotopic (exact) mass is 705 g/mol. The highest BCUT2D eigenvalue weighted by Gasteiger charge is 2.18. The summed E-state index contributed by atoms with van der Waals surface area (Å²) in [5.74, 6) is 0.680. The van der Waals surface area contributed by atoms with Crippen molar-refractivity contribution in [2.24, 2.45) is 0 Å². The van der Waals surface area contributed by atoms with E-state index in [1.807, 2.05) is 72.9 Å². The molecule has 4 heterocycles. The van der Waals surface area contributed by atoms with Gasteiger partial charge in [0.2, 0.25) is 5.71 Å². The van der Waals surface area contributed by atoms with Crippen molar-refractivity contribution in [1.29, 1.82) is 0 Å². The van der Waals surface area contributed by atoms with Gasteiger partial charge in [-0.2, -0.15) is 0 Å². The Balaban J connectivity index is 0.990. The van der Waals surface area contributed by atoms with E-state index in [9.17, 15) is 0 Å². The van der Waals surface area contributed by atoms with Gasteiger partial charge in [0, 0.05) is 34.0 Å². The van der Waals surface area contributed by atoms with Gasteiger partial charge in [0.05, 0.1) is 16.8 Å². The van der Waals surface area contributed by atoms with Crippen molar-refractivity contribution in [2.75, 3.05) is 0 Å². The maximum absolute atomic E-state index is 6.33. The lowest BCUT2D eigenvalue weighted by atomic mass is 10.0. The number of benzene rings is 6. The van der Waals surface area contributed by atoms with Crippen molar-refractivity contribution < 1.29 is 4.42 Å². The number of hydrogen-bond acceptors (Lipinski definition) is 6. The third-order valence-electron chi connectivity index (χ3n) is 9.91. The Bertz CT molecular complexity index is 2940. The van der Waals surface area contributed by atoms with Crippen molar-refractivity contribution in [3.05, 3.63) is 188 Å². The third kappa shape index (κ3) is 6.22. The maximum Gasteiger partial charge on any atom is 0.229 e. The van der Waals surface area contributed by atoms with E-state index >= 15 is 0 Å². The fraction of sp³-hybridized carbons (Fsp3) is 0. The molecular formula is C49H31N5O. The number of furan rings is 1. The topological polar surface area (TPSA) is 77.6 Å². The fourth-order valence-electron chi connectivity index (χ4n) is 7.06. The molecule has 0 unspecified atom stereocenters. The molecule has 55 heavy (non-hydrogen) atoms. The van der Waals surface area contributed by atoms with Crippen molar-refractivity contribution in [3.8, 4) is 78.5 Å². The Morgan fingerprint density at radius 1 is 0.364 bits per heavy atom. The van der Waals surface area contributed by atoms with Gasteiger partial charge in [0.15, 0.2) is 11.4 Å². The molecule has 0 aliphatic carbocycles. The summed E-state index contributed by atoms with van der Waals surface area (Å²) in [6.45, 7) is 0. The van der Waals surface area contributed by atoms with Crippen LogP contribution in [0.15, 0.2) is 193 Å². The van der Waals surface area contributed by atoms with Crippen LogP contribution in [-0.4, -0.2) is 24.9 Å². The summed E-state index contributed by atoms with van der Waals surface area (Å²) >= 11 is 0. The Morgan fingerprint density at radius 3 is 1.51 bits per heavy atom. The second-order valence-corrected chi connectivity index (χ2v) is 13.4. The molecule has 0 saturated carbocycles. The zero-order valence-electron chi connectivity index (χ0n) is 29.5. The summed E-state index contributed by atoms with van der Waals surface area (Å²) in [6.07, 6.45) is 3.44. The van der Waals surface area contributed by atoms with Gasteiger partial charge in [-0.25, -0.2) is 24.9 Å². The van der Waals surface area contributed by atoms with E-state index in [0.29, 0.717) is 17.1 Å². The highest BCUT2D eigenvalue weighted by atomic mass is 16.3. The lowest BCUT2D eigenvalue weighted by Gasteiger charge is -2.11. The van der Waals surface area contributed by atoms with Gasteiger partial charge in [-0.1, -0.05) is 158 Å². The van der Waals surface area contributed by atoms with Gasteiger partial charge in [0.1, 0.15) is 17.5 Å². The van der Waals surface area contributed by atoms with E-state index in [4.69, 9.17) is 19.4 Å². The first kappa shape index (κ1) is 32.1. The zero-order chi connectivity index (χ0) is 36.6. The quantitative estimate of drug-likeness (QED) is 0.164. The number of rotatable bonds is 7. The highest BCUT2D eigenvalue weighted by Crippen LogP contribution is 2.36. The summed E-state index contributed by atoms with van der Waals surface area (Å²) in [5.41, 5.74) is 14.8. The predicted molar refractivity (Wildman–Crippen MR) is 221 cm³/mol. The molecular weight excluding hydrogens is 675 g/mol. The van der Waals surface area contributed by atoms with Crippen LogP contribution in [0.3, 0.4) is 0 Å². The van der Waals surface area contributed by atoms with Gasteiger partial charge < -0.3 is 4.42 Å². The van der Waals surface area contributed by atoms with Crippen molar-refractivity contribution >= 4 is 22.2 Å². The molecule has 0 bridgehead atoms. The molecule has 6 heteroatoms. The molecule has 258 valence electrons. The van der Waals surface area contributed by atoms with E-state index in [-0.39, 0.29) is 0 Å². The minimum absolute atomic E-state index is 0.523. The highest BCUT2D eigenvalue weighted by molar-refractivity contribution is 6.06.